The zero-order valence-electron chi connectivity index (χ0n) is 9.57. The molecule has 3 nitrogen and oxygen atoms in total. The van der Waals surface area contributed by atoms with E-state index in [2.05, 4.69) is 6.92 Å². The standard InChI is InChI=1S/C12H15ClN2OS/c1-7-10(4-5-16-7)17-11-6-8(13)2-3-9(11)12(14)15/h2-3,6-7,10H,4-5H2,1H3,(H3,14,15). The molecule has 1 saturated heterocycles. The quantitative estimate of drug-likeness (QED) is 0.656. The minimum absolute atomic E-state index is 0.0794. The average Bonchev–Trinajstić information content (AvgIpc) is 2.64. The fourth-order valence-electron chi connectivity index (χ4n) is 1.85. The molecule has 0 saturated carbocycles. The maximum absolute atomic E-state index is 7.56. The molecule has 2 unspecified atom stereocenters. The van der Waals surface area contributed by atoms with E-state index in [1.165, 1.54) is 0 Å². The van der Waals surface area contributed by atoms with Crippen molar-refractivity contribution in [1.82, 2.24) is 0 Å². The molecule has 0 aliphatic carbocycles. The van der Waals surface area contributed by atoms with Crippen LogP contribution in [0.3, 0.4) is 0 Å². The summed E-state index contributed by atoms with van der Waals surface area (Å²) >= 11 is 7.69. The number of benzene rings is 1. The van der Waals surface area contributed by atoms with Crippen molar-refractivity contribution >= 4 is 29.2 Å². The number of halogens is 1. The molecule has 0 amide bonds. The highest BCUT2D eigenvalue weighted by Crippen LogP contribution is 2.35. The van der Waals surface area contributed by atoms with Crippen molar-refractivity contribution in [2.75, 3.05) is 6.61 Å². The maximum atomic E-state index is 7.56. The molecule has 2 rings (SSSR count). The van der Waals surface area contributed by atoms with Crippen molar-refractivity contribution < 1.29 is 4.74 Å². The summed E-state index contributed by atoms with van der Waals surface area (Å²) in [6.45, 7) is 2.87. The van der Waals surface area contributed by atoms with Crippen LogP contribution in [0.5, 0.6) is 0 Å². The van der Waals surface area contributed by atoms with Crippen LogP contribution in [-0.4, -0.2) is 23.8 Å². The molecular formula is C12H15ClN2OS. The van der Waals surface area contributed by atoms with Gasteiger partial charge in [0, 0.05) is 27.3 Å². The predicted octanol–water partition coefficient (Wildman–Crippen LogP) is 2.89. The third kappa shape index (κ3) is 2.94. The van der Waals surface area contributed by atoms with E-state index in [1.807, 2.05) is 6.07 Å². The first-order valence-corrected chi connectivity index (χ1v) is 6.76. The SMILES string of the molecule is CC1OCCC1Sc1cc(Cl)ccc1C(=N)N. The Morgan fingerprint density at radius 1 is 1.59 bits per heavy atom. The molecule has 1 aromatic rings. The Labute approximate surface area is 110 Å². The van der Waals surface area contributed by atoms with Crippen molar-refractivity contribution in [1.29, 1.82) is 5.41 Å². The van der Waals surface area contributed by atoms with Gasteiger partial charge < -0.3 is 10.5 Å². The van der Waals surface area contributed by atoms with E-state index in [9.17, 15) is 0 Å². The molecule has 3 N–H and O–H groups in total. The molecule has 0 spiro atoms. The van der Waals surface area contributed by atoms with Gasteiger partial charge in [0.1, 0.15) is 5.84 Å². The Bertz CT molecular complexity index is 439. The van der Waals surface area contributed by atoms with Crippen molar-refractivity contribution in [2.45, 2.75) is 29.6 Å². The highest BCUT2D eigenvalue weighted by Gasteiger charge is 2.26. The molecule has 2 atom stereocenters. The van der Waals surface area contributed by atoms with Crippen LogP contribution < -0.4 is 5.73 Å². The van der Waals surface area contributed by atoms with E-state index in [-0.39, 0.29) is 11.9 Å². The Hall–Kier alpha value is -0.710. The monoisotopic (exact) mass is 270 g/mol. The Balaban J connectivity index is 2.24. The number of hydrogen-bond donors (Lipinski definition) is 2. The lowest BCUT2D eigenvalue weighted by Gasteiger charge is -2.16. The predicted molar refractivity (Wildman–Crippen MR) is 72.1 cm³/mol. The molecule has 0 aromatic heterocycles. The van der Waals surface area contributed by atoms with Crippen molar-refractivity contribution in [3.05, 3.63) is 28.8 Å². The Morgan fingerprint density at radius 2 is 2.35 bits per heavy atom. The van der Waals surface area contributed by atoms with Gasteiger partial charge in [-0.1, -0.05) is 11.6 Å². The molecule has 1 aliphatic heterocycles. The second-order valence-electron chi connectivity index (χ2n) is 4.08. The molecule has 1 heterocycles. The van der Waals surface area contributed by atoms with Crippen LogP contribution in [0.4, 0.5) is 0 Å². The fraction of sp³-hybridized carbons (Fsp3) is 0.417. The maximum Gasteiger partial charge on any atom is 0.123 e. The smallest absolute Gasteiger partial charge is 0.123 e. The number of nitrogen functional groups attached to an aromatic ring is 1. The van der Waals surface area contributed by atoms with Gasteiger partial charge in [-0.05, 0) is 31.5 Å². The Morgan fingerprint density at radius 3 is 2.94 bits per heavy atom. The largest absolute Gasteiger partial charge is 0.384 e. The summed E-state index contributed by atoms with van der Waals surface area (Å²) < 4.78 is 5.53. The Kier molecular flexibility index (Phi) is 3.97. The lowest BCUT2D eigenvalue weighted by Crippen LogP contribution is -2.16. The third-order valence-electron chi connectivity index (χ3n) is 2.82. The number of nitrogens with one attached hydrogen (secondary N) is 1. The summed E-state index contributed by atoms with van der Waals surface area (Å²) in [5.74, 6) is 0.0794. The molecule has 92 valence electrons. The third-order valence-corrected chi connectivity index (χ3v) is 4.57. The van der Waals surface area contributed by atoms with Gasteiger partial charge in [0.15, 0.2) is 0 Å². The summed E-state index contributed by atoms with van der Waals surface area (Å²) in [4.78, 5) is 0.965. The normalized spacial score (nSPS) is 23.9. The van der Waals surface area contributed by atoms with Gasteiger partial charge in [-0.3, -0.25) is 5.41 Å². The second-order valence-corrected chi connectivity index (χ2v) is 5.79. The molecule has 1 fully saturated rings. The topological polar surface area (TPSA) is 59.1 Å². The molecule has 5 heteroatoms. The van der Waals surface area contributed by atoms with E-state index in [0.29, 0.717) is 10.3 Å². The summed E-state index contributed by atoms with van der Waals surface area (Å²) in [6.07, 6.45) is 1.26. The van der Waals surface area contributed by atoms with Crippen LogP contribution in [-0.2, 0) is 4.74 Å². The first kappa shape index (κ1) is 12.7. The highest BCUT2D eigenvalue weighted by atomic mass is 35.5. The van der Waals surface area contributed by atoms with E-state index in [4.69, 9.17) is 27.5 Å². The molecule has 0 radical (unpaired) electrons. The zero-order valence-corrected chi connectivity index (χ0v) is 11.1. The van der Waals surface area contributed by atoms with Gasteiger partial charge in [-0.25, -0.2) is 0 Å². The molecule has 1 aromatic carbocycles. The number of hydrogen-bond acceptors (Lipinski definition) is 3. The minimum atomic E-state index is 0.0794. The van der Waals surface area contributed by atoms with Crippen molar-refractivity contribution in [3.8, 4) is 0 Å². The molecule has 0 bridgehead atoms. The van der Waals surface area contributed by atoms with Crippen LogP contribution in [0.2, 0.25) is 5.02 Å². The van der Waals surface area contributed by atoms with E-state index >= 15 is 0 Å². The van der Waals surface area contributed by atoms with Crippen LogP contribution in [0.1, 0.15) is 18.9 Å². The van der Waals surface area contributed by atoms with Crippen LogP contribution in [0.15, 0.2) is 23.1 Å². The van der Waals surface area contributed by atoms with Gasteiger partial charge in [-0.2, -0.15) is 0 Å². The van der Waals surface area contributed by atoms with Crippen molar-refractivity contribution in [2.24, 2.45) is 5.73 Å². The van der Waals surface area contributed by atoms with E-state index < -0.39 is 0 Å². The summed E-state index contributed by atoms with van der Waals surface area (Å²) in [5, 5.41) is 8.64. The zero-order chi connectivity index (χ0) is 12.4. The number of rotatable bonds is 3. The minimum Gasteiger partial charge on any atom is -0.384 e. The molecule has 1 aliphatic rings. The van der Waals surface area contributed by atoms with Gasteiger partial charge >= 0.3 is 0 Å². The van der Waals surface area contributed by atoms with E-state index in [0.717, 1.165) is 23.5 Å². The van der Waals surface area contributed by atoms with Crippen LogP contribution in [0, 0.1) is 5.41 Å². The first-order chi connectivity index (χ1) is 8.08. The molecule has 17 heavy (non-hydrogen) atoms. The second kappa shape index (κ2) is 5.29. The van der Waals surface area contributed by atoms with Gasteiger partial charge in [0.05, 0.1) is 6.10 Å². The number of nitrogens with two attached hydrogens (primary N) is 1. The van der Waals surface area contributed by atoms with Crippen LogP contribution in [0.25, 0.3) is 0 Å². The summed E-state index contributed by atoms with van der Waals surface area (Å²) in [5.41, 5.74) is 6.32. The lowest BCUT2D eigenvalue weighted by molar-refractivity contribution is 0.127. The van der Waals surface area contributed by atoms with E-state index in [1.54, 1.807) is 23.9 Å². The first-order valence-electron chi connectivity index (χ1n) is 5.50. The van der Waals surface area contributed by atoms with Gasteiger partial charge in [0.25, 0.3) is 0 Å². The molecular weight excluding hydrogens is 256 g/mol. The van der Waals surface area contributed by atoms with Crippen LogP contribution >= 0.6 is 23.4 Å². The summed E-state index contributed by atoms with van der Waals surface area (Å²) in [6, 6.07) is 5.43. The van der Waals surface area contributed by atoms with Gasteiger partial charge in [0.2, 0.25) is 0 Å². The number of ether oxygens (including phenoxy) is 1. The summed E-state index contributed by atoms with van der Waals surface area (Å²) in [7, 11) is 0. The average molecular weight is 271 g/mol. The van der Waals surface area contributed by atoms with Gasteiger partial charge in [-0.15, -0.1) is 11.8 Å². The number of amidine groups is 1. The number of thioether (sulfide) groups is 1. The highest BCUT2D eigenvalue weighted by molar-refractivity contribution is 8.00. The fourth-order valence-corrected chi connectivity index (χ4v) is 3.39. The van der Waals surface area contributed by atoms with Crippen molar-refractivity contribution in [3.63, 3.8) is 0 Å². The lowest BCUT2D eigenvalue weighted by atomic mass is 10.2.